The molecule has 0 atom stereocenters. The number of ether oxygens (including phenoxy) is 2. The lowest BCUT2D eigenvalue weighted by molar-refractivity contribution is -0.134. The van der Waals surface area contributed by atoms with Crippen LogP contribution in [0.25, 0.3) is 10.8 Å². The van der Waals surface area contributed by atoms with Crippen molar-refractivity contribution in [1.29, 1.82) is 0 Å². The molecule has 0 radical (unpaired) electrons. The van der Waals surface area contributed by atoms with Crippen molar-refractivity contribution in [3.8, 4) is 5.75 Å². The minimum Gasteiger partial charge on any atom is -0.484 e. The summed E-state index contributed by atoms with van der Waals surface area (Å²) >= 11 is 1.63. The molecule has 2 aromatic carbocycles. The molecule has 0 bridgehead atoms. The monoisotopic (exact) mass is 355 g/mol. The van der Waals surface area contributed by atoms with Gasteiger partial charge < -0.3 is 14.4 Å². The van der Waals surface area contributed by atoms with E-state index in [9.17, 15) is 4.79 Å². The zero-order chi connectivity index (χ0) is 17.5. The Bertz CT molecular complexity index is 817. The topological polar surface area (TPSA) is 38.8 Å². The molecule has 0 N–H and O–H groups in total. The molecule has 1 heterocycles. The number of hydrogen-bond donors (Lipinski definition) is 0. The molecule has 0 saturated heterocycles. The first-order valence-electron chi connectivity index (χ1n) is 8.15. The predicted octanol–water partition coefficient (Wildman–Crippen LogP) is 3.96. The SMILES string of the molecule is COCCN(Cc1ccsc1)C(=O)COc1ccc2ccccc2c1. The standard InChI is InChI=1S/C20H21NO3S/c1-23-10-9-21(13-16-8-11-25-15-16)20(22)14-24-19-7-6-17-4-2-3-5-18(17)12-19/h2-8,11-12,15H,9-10,13-14H2,1H3. The third kappa shape index (κ3) is 4.81. The normalized spacial score (nSPS) is 10.8. The zero-order valence-electron chi connectivity index (χ0n) is 14.2. The van der Waals surface area contributed by atoms with Crippen molar-refractivity contribution >= 4 is 28.0 Å². The molecule has 5 heteroatoms. The van der Waals surface area contributed by atoms with Gasteiger partial charge in [-0.15, -0.1) is 0 Å². The van der Waals surface area contributed by atoms with Gasteiger partial charge in [0.25, 0.3) is 5.91 Å². The van der Waals surface area contributed by atoms with Gasteiger partial charge in [0.2, 0.25) is 0 Å². The highest BCUT2D eigenvalue weighted by Gasteiger charge is 2.15. The highest BCUT2D eigenvalue weighted by molar-refractivity contribution is 7.07. The molecule has 0 unspecified atom stereocenters. The second-order valence-electron chi connectivity index (χ2n) is 5.74. The van der Waals surface area contributed by atoms with E-state index >= 15 is 0 Å². The number of fused-ring (bicyclic) bond motifs is 1. The number of hydrogen-bond acceptors (Lipinski definition) is 4. The Kier molecular flexibility index (Phi) is 6.04. The summed E-state index contributed by atoms with van der Waals surface area (Å²) in [7, 11) is 1.64. The summed E-state index contributed by atoms with van der Waals surface area (Å²) < 4.78 is 10.8. The fourth-order valence-electron chi connectivity index (χ4n) is 2.59. The predicted molar refractivity (Wildman–Crippen MR) is 101 cm³/mol. The molecule has 25 heavy (non-hydrogen) atoms. The number of amides is 1. The van der Waals surface area contributed by atoms with Gasteiger partial charge in [0.15, 0.2) is 6.61 Å². The lowest BCUT2D eigenvalue weighted by Gasteiger charge is -2.22. The first-order valence-corrected chi connectivity index (χ1v) is 9.10. The maximum Gasteiger partial charge on any atom is 0.260 e. The van der Waals surface area contributed by atoms with Crippen LogP contribution in [-0.4, -0.2) is 37.7 Å². The van der Waals surface area contributed by atoms with Gasteiger partial charge in [-0.2, -0.15) is 11.3 Å². The smallest absolute Gasteiger partial charge is 0.260 e. The van der Waals surface area contributed by atoms with Crippen LogP contribution in [0.4, 0.5) is 0 Å². The van der Waals surface area contributed by atoms with Gasteiger partial charge in [-0.25, -0.2) is 0 Å². The summed E-state index contributed by atoms with van der Waals surface area (Å²) in [6.07, 6.45) is 0. The molecule has 0 aliphatic carbocycles. The maximum absolute atomic E-state index is 12.6. The van der Waals surface area contributed by atoms with Crippen molar-refractivity contribution in [3.05, 3.63) is 64.9 Å². The third-order valence-corrected chi connectivity index (χ3v) is 4.69. The van der Waals surface area contributed by atoms with E-state index < -0.39 is 0 Å². The highest BCUT2D eigenvalue weighted by Crippen LogP contribution is 2.20. The van der Waals surface area contributed by atoms with Crippen LogP contribution in [-0.2, 0) is 16.1 Å². The molecule has 0 aliphatic heterocycles. The molecular formula is C20H21NO3S. The zero-order valence-corrected chi connectivity index (χ0v) is 15.0. The van der Waals surface area contributed by atoms with Crippen molar-refractivity contribution in [2.75, 3.05) is 26.9 Å². The summed E-state index contributed by atoms with van der Waals surface area (Å²) in [6, 6.07) is 16.0. The van der Waals surface area contributed by atoms with Gasteiger partial charge in [0.1, 0.15) is 5.75 Å². The lowest BCUT2D eigenvalue weighted by Crippen LogP contribution is -2.36. The van der Waals surface area contributed by atoms with Crippen molar-refractivity contribution in [2.24, 2.45) is 0 Å². The van der Waals surface area contributed by atoms with E-state index in [1.165, 1.54) is 0 Å². The van der Waals surface area contributed by atoms with Gasteiger partial charge in [0.05, 0.1) is 6.61 Å². The first-order chi connectivity index (χ1) is 12.3. The van der Waals surface area contributed by atoms with Crippen LogP contribution in [0.1, 0.15) is 5.56 Å². The third-order valence-electron chi connectivity index (χ3n) is 3.95. The van der Waals surface area contributed by atoms with Gasteiger partial charge in [-0.3, -0.25) is 4.79 Å². The van der Waals surface area contributed by atoms with E-state index in [0.29, 0.717) is 25.4 Å². The Labute approximate surface area is 151 Å². The average molecular weight is 355 g/mol. The number of nitrogens with zero attached hydrogens (tertiary/aromatic N) is 1. The van der Waals surface area contributed by atoms with E-state index in [1.807, 2.05) is 47.8 Å². The minimum absolute atomic E-state index is 0.0200. The molecule has 1 amide bonds. The van der Waals surface area contributed by atoms with Crippen molar-refractivity contribution < 1.29 is 14.3 Å². The highest BCUT2D eigenvalue weighted by atomic mass is 32.1. The number of methoxy groups -OCH3 is 1. The number of carbonyl (C=O) groups is 1. The maximum atomic E-state index is 12.6. The van der Waals surface area contributed by atoms with Crippen LogP contribution in [0.3, 0.4) is 0 Å². The minimum atomic E-state index is -0.0450. The molecule has 0 aliphatic rings. The lowest BCUT2D eigenvalue weighted by atomic mass is 10.1. The average Bonchev–Trinajstić information content (AvgIpc) is 3.16. The fraction of sp³-hybridized carbons (Fsp3) is 0.250. The van der Waals surface area contributed by atoms with Crippen LogP contribution >= 0.6 is 11.3 Å². The van der Waals surface area contributed by atoms with E-state index in [0.717, 1.165) is 16.3 Å². The summed E-state index contributed by atoms with van der Waals surface area (Å²) in [6.45, 7) is 1.65. The summed E-state index contributed by atoms with van der Waals surface area (Å²) in [5.74, 6) is 0.658. The van der Waals surface area contributed by atoms with E-state index in [2.05, 4.69) is 11.4 Å². The second kappa shape index (κ2) is 8.65. The van der Waals surface area contributed by atoms with Crippen LogP contribution < -0.4 is 4.74 Å². The Morgan fingerprint density at radius 1 is 1.12 bits per heavy atom. The van der Waals surface area contributed by atoms with Gasteiger partial charge in [-0.05, 0) is 45.3 Å². The largest absolute Gasteiger partial charge is 0.484 e. The van der Waals surface area contributed by atoms with Crippen LogP contribution in [0, 0.1) is 0 Å². The summed E-state index contributed by atoms with van der Waals surface area (Å²) in [4.78, 5) is 14.3. The number of thiophene rings is 1. The summed E-state index contributed by atoms with van der Waals surface area (Å²) in [5.41, 5.74) is 1.13. The Morgan fingerprint density at radius 2 is 1.96 bits per heavy atom. The van der Waals surface area contributed by atoms with Crippen LogP contribution in [0.2, 0.25) is 0 Å². The molecule has 3 rings (SSSR count). The Balaban J connectivity index is 1.62. The molecular weight excluding hydrogens is 334 g/mol. The second-order valence-corrected chi connectivity index (χ2v) is 6.52. The molecule has 0 fully saturated rings. The van der Waals surface area contributed by atoms with Crippen molar-refractivity contribution in [1.82, 2.24) is 4.90 Å². The number of carbonyl (C=O) groups excluding carboxylic acids is 1. The molecule has 0 spiro atoms. The van der Waals surface area contributed by atoms with Crippen LogP contribution in [0.5, 0.6) is 5.75 Å². The Morgan fingerprint density at radius 3 is 2.72 bits per heavy atom. The van der Waals surface area contributed by atoms with E-state index in [4.69, 9.17) is 9.47 Å². The molecule has 130 valence electrons. The van der Waals surface area contributed by atoms with E-state index in [1.54, 1.807) is 23.3 Å². The van der Waals surface area contributed by atoms with Crippen LogP contribution in [0.15, 0.2) is 59.3 Å². The van der Waals surface area contributed by atoms with Crippen molar-refractivity contribution in [2.45, 2.75) is 6.54 Å². The molecule has 0 saturated carbocycles. The number of rotatable bonds is 8. The van der Waals surface area contributed by atoms with Crippen molar-refractivity contribution in [3.63, 3.8) is 0 Å². The summed E-state index contributed by atoms with van der Waals surface area (Å²) in [5, 5.41) is 6.32. The quantitative estimate of drug-likeness (QED) is 0.614. The van der Waals surface area contributed by atoms with Gasteiger partial charge >= 0.3 is 0 Å². The Hall–Kier alpha value is -2.37. The molecule has 1 aromatic heterocycles. The first kappa shape index (κ1) is 17.5. The molecule has 4 nitrogen and oxygen atoms in total. The van der Waals surface area contributed by atoms with Gasteiger partial charge in [-0.1, -0.05) is 30.3 Å². The molecule has 3 aromatic rings. The number of benzene rings is 2. The van der Waals surface area contributed by atoms with E-state index in [-0.39, 0.29) is 12.5 Å². The fourth-order valence-corrected chi connectivity index (χ4v) is 3.25. The van der Waals surface area contributed by atoms with Gasteiger partial charge in [0, 0.05) is 20.2 Å².